The molecule has 6 heteroatoms. The van der Waals surface area contributed by atoms with Crippen molar-refractivity contribution < 1.29 is 14.5 Å². The Morgan fingerprint density at radius 3 is 2.56 bits per heavy atom. The highest BCUT2D eigenvalue weighted by Crippen LogP contribution is 2.28. The Labute approximate surface area is 156 Å². The molecule has 1 amide bonds. The van der Waals surface area contributed by atoms with E-state index in [1.54, 1.807) is 19.1 Å². The number of fused-ring (bicyclic) bond motifs is 1. The van der Waals surface area contributed by atoms with E-state index in [1.165, 1.54) is 6.07 Å². The fourth-order valence-corrected chi connectivity index (χ4v) is 2.94. The van der Waals surface area contributed by atoms with Crippen molar-refractivity contribution in [3.8, 4) is 5.75 Å². The number of nitro groups is 1. The SMILES string of the molecule is CC[C@H](Oc1cccc2ccccc12)C(=O)Nc1cccc([N+](=O)[O-])c1C. The molecule has 6 nitrogen and oxygen atoms in total. The van der Waals surface area contributed by atoms with Crippen LogP contribution in [-0.2, 0) is 4.79 Å². The van der Waals surface area contributed by atoms with E-state index in [-0.39, 0.29) is 11.6 Å². The molecule has 0 bridgehead atoms. The van der Waals surface area contributed by atoms with Gasteiger partial charge in [-0.15, -0.1) is 0 Å². The molecule has 0 saturated heterocycles. The van der Waals surface area contributed by atoms with E-state index in [2.05, 4.69) is 5.32 Å². The van der Waals surface area contributed by atoms with Gasteiger partial charge >= 0.3 is 0 Å². The number of carbonyl (C=O) groups excluding carboxylic acids is 1. The zero-order valence-electron chi connectivity index (χ0n) is 15.1. The van der Waals surface area contributed by atoms with Gasteiger partial charge < -0.3 is 10.1 Å². The number of hydrogen-bond donors (Lipinski definition) is 1. The van der Waals surface area contributed by atoms with E-state index in [0.29, 0.717) is 23.4 Å². The molecule has 0 saturated carbocycles. The van der Waals surface area contributed by atoms with Crippen LogP contribution in [0.15, 0.2) is 60.7 Å². The Morgan fingerprint density at radius 1 is 1.11 bits per heavy atom. The van der Waals surface area contributed by atoms with Crippen LogP contribution in [0.3, 0.4) is 0 Å². The molecule has 0 fully saturated rings. The monoisotopic (exact) mass is 364 g/mol. The van der Waals surface area contributed by atoms with Crippen LogP contribution in [0.2, 0.25) is 0 Å². The fourth-order valence-electron chi connectivity index (χ4n) is 2.94. The van der Waals surface area contributed by atoms with Crippen molar-refractivity contribution in [3.05, 3.63) is 76.3 Å². The summed E-state index contributed by atoms with van der Waals surface area (Å²) in [6.07, 6.45) is -0.252. The number of nitro benzene ring substituents is 1. The van der Waals surface area contributed by atoms with Gasteiger partial charge in [-0.3, -0.25) is 14.9 Å². The van der Waals surface area contributed by atoms with Crippen LogP contribution in [0.4, 0.5) is 11.4 Å². The van der Waals surface area contributed by atoms with E-state index in [9.17, 15) is 14.9 Å². The number of carbonyl (C=O) groups is 1. The maximum atomic E-state index is 12.7. The van der Waals surface area contributed by atoms with Crippen molar-refractivity contribution in [2.75, 3.05) is 5.32 Å². The van der Waals surface area contributed by atoms with Crippen molar-refractivity contribution in [2.45, 2.75) is 26.4 Å². The number of anilines is 1. The van der Waals surface area contributed by atoms with E-state index < -0.39 is 11.0 Å². The second kappa shape index (κ2) is 7.86. The van der Waals surface area contributed by atoms with Gasteiger partial charge in [-0.1, -0.05) is 49.4 Å². The molecule has 0 spiro atoms. The van der Waals surface area contributed by atoms with Gasteiger partial charge in [0.2, 0.25) is 0 Å². The summed E-state index contributed by atoms with van der Waals surface area (Å²) in [6, 6.07) is 18.1. The number of rotatable bonds is 6. The van der Waals surface area contributed by atoms with E-state index in [4.69, 9.17) is 4.74 Å². The van der Waals surface area contributed by atoms with Gasteiger partial charge in [0.15, 0.2) is 6.10 Å². The zero-order chi connectivity index (χ0) is 19.4. The number of nitrogens with zero attached hydrogens (tertiary/aromatic N) is 1. The first-order valence-corrected chi connectivity index (χ1v) is 8.70. The molecule has 1 atom stereocenters. The molecule has 3 aromatic carbocycles. The molecule has 138 valence electrons. The third-order valence-electron chi connectivity index (χ3n) is 4.44. The quantitative estimate of drug-likeness (QED) is 0.500. The second-order valence-corrected chi connectivity index (χ2v) is 6.19. The Kier molecular flexibility index (Phi) is 5.35. The lowest BCUT2D eigenvalue weighted by Gasteiger charge is -2.19. The maximum Gasteiger partial charge on any atom is 0.274 e. The number of ether oxygens (including phenoxy) is 1. The maximum absolute atomic E-state index is 12.7. The second-order valence-electron chi connectivity index (χ2n) is 6.19. The van der Waals surface area contributed by atoms with Crippen LogP contribution in [0.1, 0.15) is 18.9 Å². The molecule has 0 heterocycles. The molecule has 0 aromatic heterocycles. The normalized spacial score (nSPS) is 11.8. The molecule has 0 aliphatic rings. The first kappa shape index (κ1) is 18.4. The van der Waals surface area contributed by atoms with Gasteiger partial charge in [-0.25, -0.2) is 0 Å². The summed E-state index contributed by atoms with van der Waals surface area (Å²) in [6.45, 7) is 3.47. The highest BCUT2D eigenvalue weighted by molar-refractivity contribution is 5.96. The molecule has 0 radical (unpaired) electrons. The number of benzene rings is 3. The third kappa shape index (κ3) is 3.89. The van der Waals surface area contributed by atoms with Gasteiger partial charge in [0.25, 0.3) is 11.6 Å². The van der Waals surface area contributed by atoms with Crippen LogP contribution < -0.4 is 10.1 Å². The zero-order valence-corrected chi connectivity index (χ0v) is 15.1. The number of amides is 1. The standard InChI is InChI=1S/C21H20N2O4/c1-3-19(27-20-13-6-9-15-8-4-5-10-16(15)20)21(24)22-17-11-7-12-18(14(17)2)23(25)26/h4-13,19H,3H2,1-2H3,(H,22,24)/t19-/m0/s1. The molecule has 3 aromatic rings. The minimum Gasteiger partial charge on any atom is -0.480 e. The summed E-state index contributed by atoms with van der Waals surface area (Å²) < 4.78 is 5.98. The highest BCUT2D eigenvalue weighted by Gasteiger charge is 2.22. The largest absolute Gasteiger partial charge is 0.480 e. The van der Waals surface area contributed by atoms with Crippen LogP contribution in [-0.4, -0.2) is 16.9 Å². The number of hydrogen-bond acceptors (Lipinski definition) is 4. The Balaban J connectivity index is 1.83. The Bertz CT molecular complexity index is 995. The molecular weight excluding hydrogens is 344 g/mol. The molecule has 1 N–H and O–H groups in total. The summed E-state index contributed by atoms with van der Waals surface area (Å²) in [4.78, 5) is 23.3. The van der Waals surface area contributed by atoms with Gasteiger partial charge in [0.05, 0.1) is 16.2 Å². The Morgan fingerprint density at radius 2 is 1.81 bits per heavy atom. The smallest absolute Gasteiger partial charge is 0.274 e. The summed E-state index contributed by atoms with van der Waals surface area (Å²) in [7, 11) is 0. The summed E-state index contributed by atoms with van der Waals surface area (Å²) in [5, 5.41) is 15.8. The molecule has 0 unspecified atom stereocenters. The van der Waals surface area contributed by atoms with E-state index in [1.807, 2.05) is 49.4 Å². The fraction of sp³-hybridized carbons (Fsp3) is 0.190. The number of nitrogens with one attached hydrogen (secondary N) is 1. The average molecular weight is 364 g/mol. The van der Waals surface area contributed by atoms with Gasteiger partial charge in [-0.2, -0.15) is 0 Å². The van der Waals surface area contributed by atoms with Gasteiger partial charge in [0, 0.05) is 11.5 Å². The van der Waals surface area contributed by atoms with Gasteiger partial charge in [-0.05, 0) is 30.9 Å². The molecule has 0 aliphatic carbocycles. The van der Waals surface area contributed by atoms with Crippen LogP contribution >= 0.6 is 0 Å². The molecule has 0 aliphatic heterocycles. The van der Waals surface area contributed by atoms with Crippen molar-refractivity contribution >= 4 is 28.1 Å². The Hall–Kier alpha value is -3.41. The highest BCUT2D eigenvalue weighted by atomic mass is 16.6. The van der Waals surface area contributed by atoms with Gasteiger partial charge in [0.1, 0.15) is 5.75 Å². The van der Waals surface area contributed by atoms with Crippen molar-refractivity contribution in [1.29, 1.82) is 0 Å². The van der Waals surface area contributed by atoms with Crippen molar-refractivity contribution in [3.63, 3.8) is 0 Å². The third-order valence-corrected chi connectivity index (χ3v) is 4.44. The minimum atomic E-state index is -0.713. The van der Waals surface area contributed by atoms with E-state index in [0.717, 1.165) is 10.8 Å². The average Bonchev–Trinajstić information content (AvgIpc) is 2.67. The lowest BCUT2D eigenvalue weighted by Crippen LogP contribution is -2.32. The van der Waals surface area contributed by atoms with Crippen LogP contribution in [0, 0.1) is 17.0 Å². The van der Waals surface area contributed by atoms with Crippen molar-refractivity contribution in [1.82, 2.24) is 0 Å². The predicted molar refractivity (Wildman–Crippen MR) is 105 cm³/mol. The first-order valence-electron chi connectivity index (χ1n) is 8.70. The van der Waals surface area contributed by atoms with Crippen molar-refractivity contribution in [2.24, 2.45) is 0 Å². The molecule has 3 rings (SSSR count). The summed E-state index contributed by atoms with van der Waals surface area (Å²) in [5.41, 5.74) is 0.792. The molecular formula is C21H20N2O4. The lowest BCUT2D eigenvalue weighted by atomic mass is 10.1. The topological polar surface area (TPSA) is 81.5 Å². The summed E-state index contributed by atoms with van der Waals surface area (Å²) >= 11 is 0. The summed E-state index contributed by atoms with van der Waals surface area (Å²) in [5.74, 6) is 0.292. The van der Waals surface area contributed by atoms with Crippen LogP contribution in [0.5, 0.6) is 5.75 Å². The predicted octanol–water partition coefficient (Wildman–Crippen LogP) is 4.85. The lowest BCUT2D eigenvalue weighted by molar-refractivity contribution is -0.385. The van der Waals surface area contributed by atoms with E-state index >= 15 is 0 Å². The first-order chi connectivity index (χ1) is 13.0. The minimum absolute atomic E-state index is 0.0316. The molecule has 27 heavy (non-hydrogen) atoms. The van der Waals surface area contributed by atoms with Crippen LogP contribution in [0.25, 0.3) is 10.8 Å².